The van der Waals surface area contributed by atoms with Crippen LogP contribution in [0.1, 0.15) is 65.5 Å². The molecule has 192 valence electrons. The van der Waals surface area contributed by atoms with E-state index in [2.05, 4.69) is 45.0 Å². The van der Waals surface area contributed by atoms with Gasteiger partial charge in [0.1, 0.15) is 0 Å². The standard InChI is InChI=1S/C31H33NO5/c1-31(2,3)23-15-13-22(14-16-23)21-11-8-20(9-12-21)10-17-27(33)26(30(36)37)18-19-32-28(34)24-6-4-5-7-25(24)29(32)35/h4-9,11-16,26-27,33H,10,17-19H2,1-3H3,(H,36,37). The van der Waals surface area contributed by atoms with Crippen molar-refractivity contribution in [2.45, 2.75) is 51.6 Å². The molecule has 0 saturated heterocycles. The molecule has 4 rings (SSSR count). The molecule has 0 spiro atoms. The SMILES string of the molecule is CC(C)(C)c1ccc(-c2ccc(CCC(O)C(CCN3C(=O)c4ccccc4C3=O)C(=O)O)cc2)cc1. The lowest BCUT2D eigenvalue weighted by Crippen LogP contribution is -2.36. The second kappa shape index (κ2) is 10.7. The lowest BCUT2D eigenvalue weighted by atomic mass is 9.86. The summed E-state index contributed by atoms with van der Waals surface area (Å²) < 4.78 is 0. The first-order valence-corrected chi connectivity index (χ1v) is 12.6. The van der Waals surface area contributed by atoms with E-state index in [0.717, 1.165) is 21.6 Å². The average molecular weight is 500 g/mol. The van der Waals surface area contributed by atoms with Crippen LogP contribution < -0.4 is 0 Å². The molecule has 0 aliphatic carbocycles. The molecular formula is C31H33NO5. The van der Waals surface area contributed by atoms with Crippen LogP contribution in [-0.2, 0) is 16.6 Å². The number of carbonyl (C=O) groups is 3. The van der Waals surface area contributed by atoms with Gasteiger partial charge in [-0.25, -0.2) is 0 Å². The minimum Gasteiger partial charge on any atom is -0.481 e. The van der Waals surface area contributed by atoms with E-state index in [4.69, 9.17) is 0 Å². The smallest absolute Gasteiger partial charge is 0.309 e. The number of imide groups is 1. The second-order valence-corrected chi connectivity index (χ2v) is 10.7. The zero-order valence-electron chi connectivity index (χ0n) is 21.5. The third-order valence-electron chi connectivity index (χ3n) is 7.09. The van der Waals surface area contributed by atoms with E-state index in [1.54, 1.807) is 24.3 Å². The van der Waals surface area contributed by atoms with E-state index in [-0.39, 0.29) is 24.8 Å². The summed E-state index contributed by atoms with van der Waals surface area (Å²) in [5, 5.41) is 20.4. The molecule has 3 aromatic carbocycles. The number of carbonyl (C=O) groups excluding carboxylic acids is 2. The van der Waals surface area contributed by atoms with Crippen LogP contribution >= 0.6 is 0 Å². The first-order valence-electron chi connectivity index (χ1n) is 12.6. The van der Waals surface area contributed by atoms with Gasteiger partial charge in [-0.15, -0.1) is 0 Å². The highest BCUT2D eigenvalue weighted by atomic mass is 16.4. The first-order chi connectivity index (χ1) is 17.6. The number of carboxylic acids is 1. The number of aliphatic hydroxyl groups is 1. The molecule has 0 saturated carbocycles. The van der Waals surface area contributed by atoms with Crippen molar-refractivity contribution in [3.8, 4) is 11.1 Å². The molecule has 0 fully saturated rings. The summed E-state index contributed by atoms with van der Waals surface area (Å²) in [6.07, 6.45) is -0.330. The van der Waals surface area contributed by atoms with Crippen LogP contribution in [0.15, 0.2) is 72.8 Å². The van der Waals surface area contributed by atoms with Crippen molar-refractivity contribution in [2.75, 3.05) is 6.54 Å². The Labute approximate surface area is 217 Å². The summed E-state index contributed by atoms with van der Waals surface area (Å²) in [5.41, 5.74) is 5.24. The van der Waals surface area contributed by atoms with Gasteiger partial charge in [-0.2, -0.15) is 0 Å². The molecule has 0 bridgehead atoms. The maximum Gasteiger partial charge on any atom is 0.309 e. The Kier molecular flexibility index (Phi) is 7.60. The summed E-state index contributed by atoms with van der Waals surface area (Å²) >= 11 is 0. The largest absolute Gasteiger partial charge is 0.481 e. The average Bonchev–Trinajstić information content (AvgIpc) is 3.12. The quantitative estimate of drug-likeness (QED) is 0.388. The molecule has 1 aliphatic rings. The van der Waals surface area contributed by atoms with Crippen LogP contribution in [0, 0.1) is 5.92 Å². The predicted octanol–water partition coefficient (Wildman–Crippen LogP) is 5.33. The third kappa shape index (κ3) is 5.81. The van der Waals surface area contributed by atoms with Crippen molar-refractivity contribution in [3.05, 3.63) is 95.1 Å². The Morgan fingerprint density at radius 1 is 0.811 bits per heavy atom. The van der Waals surface area contributed by atoms with Crippen molar-refractivity contribution >= 4 is 17.8 Å². The maximum absolute atomic E-state index is 12.6. The summed E-state index contributed by atoms with van der Waals surface area (Å²) in [5.74, 6) is -3.07. The molecule has 2 amide bonds. The van der Waals surface area contributed by atoms with Crippen LogP contribution in [0.5, 0.6) is 0 Å². The molecule has 0 aromatic heterocycles. The minimum atomic E-state index is -1.14. The van der Waals surface area contributed by atoms with Gasteiger partial charge < -0.3 is 10.2 Å². The number of hydrogen-bond donors (Lipinski definition) is 2. The monoisotopic (exact) mass is 499 g/mol. The van der Waals surface area contributed by atoms with Gasteiger partial charge in [0.2, 0.25) is 0 Å². The number of rotatable bonds is 9. The molecule has 2 N–H and O–H groups in total. The first kappa shape index (κ1) is 26.3. The minimum absolute atomic E-state index is 0.00846. The molecule has 6 heteroatoms. The number of nitrogens with zero attached hydrogens (tertiary/aromatic N) is 1. The fourth-order valence-corrected chi connectivity index (χ4v) is 4.73. The number of aliphatic carboxylic acids is 1. The highest BCUT2D eigenvalue weighted by molar-refractivity contribution is 6.21. The van der Waals surface area contributed by atoms with E-state index in [1.807, 2.05) is 24.3 Å². The predicted molar refractivity (Wildman–Crippen MR) is 142 cm³/mol. The lowest BCUT2D eigenvalue weighted by Gasteiger charge is -2.22. The van der Waals surface area contributed by atoms with Crippen molar-refractivity contribution in [2.24, 2.45) is 5.92 Å². The summed E-state index contributed by atoms with van der Waals surface area (Å²) in [7, 11) is 0. The molecule has 1 aliphatic heterocycles. The van der Waals surface area contributed by atoms with Crippen LogP contribution in [0.3, 0.4) is 0 Å². The van der Waals surface area contributed by atoms with Crippen molar-refractivity contribution in [3.63, 3.8) is 0 Å². The van der Waals surface area contributed by atoms with E-state index in [9.17, 15) is 24.6 Å². The highest BCUT2D eigenvalue weighted by Crippen LogP contribution is 2.27. The number of aryl methyl sites for hydroxylation is 1. The van der Waals surface area contributed by atoms with E-state index >= 15 is 0 Å². The summed E-state index contributed by atoms with van der Waals surface area (Å²) in [6.45, 7) is 6.50. The number of amides is 2. The van der Waals surface area contributed by atoms with Crippen LogP contribution in [0.25, 0.3) is 11.1 Å². The fraction of sp³-hybridized carbons (Fsp3) is 0.323. The Bertz CT molecular complexity index is 1250. The Morgan fingerprint density at radius 2 is 1.32 bits per heavy atom. The van der Waals surface area contributed by atoms with E-state index in [0.29, 0.717) is 17.5 Å². The zero-order chi connectivity index (χ0) is 26.7. The van der Waals surface area contributed by atoms with Crippen molar-refractivity contribution in [1.29, 1.82) is 0 Å². The van der Waals surface area contributed by atoms with Crippen LogP contribution in [0.4, 0.5) is 0 Å². The van der Waals surface area contributed by atoms with E-state index < -0.39 is 29.8 Å². The molecule has 2 atom stereocenters. The van der Waals surface area contributed by atoms with Crippen molar-refractivity contribution < 1.29 is 24.6 Å². The third-order valence-corrected chi connectivity index (χ3v) is 7.09. The fourth-order valence-electron chi connectivity index (χ4n) is 4.73. The van der Waals surface area contributed by atoms with Crippen LogP contribution in [0.2, 0.25) is 0 Å². The number of carboxylic acid groups (broad SMARTS) is 1. The van der Waals surface area contributed by atoms with Gasteiger partial charge in [0.15, 0.2) is 0 Å². The molecule has 3 aromatic rings. The summed E-state index contributed by atoms with van der Waals surface area (Å²) in [6, 6.07) is 23.1. The summed E-state index contributed by atoms with van der Waals surface area (Å²) in [4.78, 5) is 38.1. The van der Waals surface area contributed by atoms with Gasteiger partial charge in [0.25, 0.3) is 11.8 Å². The van der Waals surface area contributed by atoms with Crippen molar-refractivity contribution in [1.82, 2.24) is 4.90 Å². The van der Waals surface area contributed by atoms with Gasteiger partial charge >= 0.3 is 5.97 Å². The lowest BCUT2D eigenvalue weighted by molar-refractivity contribution is -0.146. The Balaban J connectivity index is 1.33. The number of benzene rings is 3. The Hall–Kier alpha value is -3.77. The molecular weight excluding hydrogens is 466 g/mol. The Morgan fingerprint density at radius 3 is 1.81 bits per heavy atom. The number of aliphatic hydroxyl groups excluding tert-OH is 1. The normalized spacial score (nSPS) is 15.0. The van der Waals surface area contributed by atoms with Gasteiger partial charge in [-0.05, 0) is 59.1 Å². The molecule has 37 heavy (non-hydrogen) atoms. The van der Waals surface area contributed by atoms with E-state index in [1.165, 1.54) is 5.56 Å². The van der Waals surface area contributed by atoms with Gasteiger partial charge in [0.05, 0.1) is 23.1 Å². The molecule has 2 unspecified atom stereocenters. The van der Waals surface area contributed by atoms with Crippen LogP contribution in [-0.4, -0.2) is 45.5 Å². The highest BCUT2D eigenvalue weighted by Gasteiger charge is 2.36. The van der Waals surface area contributed by atoms with Gasteiger partial charge in [-0.3, -0.25) is 19.3 Å². The molecule has 1 heterocycles. The second-order valence-electron chi connectivity index (χ2n) is 10.7. The molecule has 0 radical (unpaired) electrons. The molecule has 6 nitrogen and oxygen atoms in total. The zero-order valence-corrected chi connectivity index (χ0v) is 21.5. The van der Waals surface area contributed by atoms with Gasteiger partial charge in [0, 0.05) is 6.54 Å². The van der Waals surface area contributed by atoms with Gasteiger partial charge in [-0.1, -0.05) is 81.4 Å². The number of hydrogen-bond acceptors (Lipinski definition) is 4. The maximum atomic E-state index is 12.6. The number of fused-ring (bicyclic) bond motifs is 1. The topological polar surface area (TPSA) is 94.9 Å².